The maximum absolute atomic E-state index is 14.1. The molecule has 31 heavy (non-hydrogen) atoms. The van der Waals surface area contributed by atoms with Gasteiger partial charge in [-0.25, -0.2) is 4.39 Å². The van der Waals surface area contributed by atoms with Crippen molar-refractivity contribution in [2.24, 2.45) is 0 Å². The van der Waals surface area contributed by atoms with Gasteiger partial charge in [0, 0.05) is 32.2 Å². The first-order chi connectivity index (χ1) is 15.0. The number of carbonyl (C=O) groups excluding carboxylic acids is 1. The van der Waals surface area contributed by atoms with E-state index in [-0.39, 0.29) is 11.7 Å². The average molecular weight is 460 g/mol. The fourth-order valence-corrected chi connectivity index (χ4v) is 4.60. The van der Waals surface area contributed by atoms with Gasteiger partial charge in [-0.2, -0.15) is 0 Å². The van der Waals surface area contributed by atoms with Crippen molar-refractivity contribution < 1.29 is 13.7 Å². The molecule has 160 valence electrons. The number of nitrogens with zero attached hydrogens (tertiary/aromatic N) is 3. The summed E-state index contributed by atoms with van der Waals surface area (Å²) in [6.45, 7) is 2.51. The van der Waals surface area contributed by atoms with Gasteiger partial charge in [-0.15, -0.1) is 0 Å². The van der Waals surface area contributed by atoms with Crippen molar-refractivity contribution in [1.29, 1.82) is 0 Å². The minimum absolute atomic E-state index is 0.0534. The SMILES string of the molecule is O=C(N1CCN(c2cccc(Cl)c2Cl)CC1)C1(c2cc(-c3ccccc3F)on2)CC1. The lowest BCUT2D eigenvalue weighted by Gasteiger charge is -2.37. The molecule has 2 aromatic carbocycles. The molecule has 2 aliphatic rings. The third kappa shape index (κ3) is 3.58. The lowest BCUT2D eigenvalue weighted by molar-refractivity contribution is -0.134. The van der Waals surface area contributed by atoms with E-state index in [1.165, 1.54) is 6.07 Å². The molecule has 0 N–H and O–H groups in total. The Labute approximate surface area is 189 Å². The minimum atomic E-state index is -0.664. The molecule has 1 aliphatic carbocycles. The van der Waals surface area contributed by atoms with E-state index >= 15 is 0 Å². The molecule has 2 heterocycles. The molecule has 0 radical (unpaired) electrons. The zero-order valence-electron chi connectivity index (χ0n) is 16.7. The fourth-order valence-electron chi connectivity index (χ4n) is 4.18. The Hall–Kier alpha value is -2.57. The fraction of sp³-hybridized carbons (Fsp3) is 0.304. The topological polar surface area (TPSA) is 49.6 Å². The normalized spacial score (nSPS) is 17.6. The first-order valence-electron chi connectivity index (χ1n) is 10.2. The summed E-state index contributed by atoms with van der Waals surface area (Å²) in [5.74, 6) is 0.0162. The number of carbonyl (C=O) groups is 1. The van der Waals surface area contributed by atoms with Crippen molar-refractivity contribution in [2.75, 3.05) is 31.1 Å². The summed E-state index contributed by atoms with van der Waals surface area (Å²) < 4.78 is 19.5. The Morgan fingerprint density at radius 2 is 1.77 bits per heavy atom. The molecule has 0 bridgehead atoms. The van der Waals surface area contributed by atoms with Gasteiger partial charge in [0.05, 0.1) is 32.4 Å². The second kappa shape index (κ2) is 7.84. The van der Waals surface area contributed by atoms with Gasteiger partial charge in [-0.1, -0.05) is 46.6 Å². The maximum atomic E-state index is 14.1. The van der Waals surface area contributed by atoms with Crippen molar-refractivity contribution in [3.05, 3.63) is 70.1 Å². The van der Waals surface area contributed by atoms with Crippen molar-refractivity contribution in [1.82, 2.24) is 10.1 Å². The van der Waals surface area contributed by atoms with Gasteiger partial charge in [-0.05, 0) is 37.1 Å². The van der Waals surface area contributed by atoms with Crippen LogP contribution < -0.4 is 4.90 Å². The molecule has 1 saturated carbocycles. The van der Waals surface area contributed by atoms with E-state index in [9.17, 15) is 9.18 Å². The van der Waals surface area contributed by atoms with Gasteiger partial charge < -0.3 is 14.3 Å². The molecule has 0 spiro atoms. The average Bonchev–Trinajstić information content (AvgIpc) is 3.45. The van der Waals surface area contributed by atoms with E-state index in [2.05, 4.69) is 10.1 Å². The third-order valence-electron chi connectivity index (χ3n) is 6.14. The zero-order chi connectivity index (χ0) is 21.6. The molecule has 1 saturated heterocycles. The Balaban J connectivity index is 1.30. The second-order valence-corrected chi connectivity index (χ2v) is 8.78. The zero-order valence-corrected chi connectivity index (χ0v) is 18.2. The highest BCUT2D eigenvalue weighted by Gasteiger charge is 2.55. The molecule has 3 aromatic rings. The smallest absolute Gasteiger partial charge is 0.235 e. The Morgan fingerprint density at radius 1 is 1.03 bits per heavy atom. The van der Waals surface area contributed by atoms with Crippen LogP contribution in [0, 0.1) is 5.82 Å². The Morgan fingerprint density at radius 3 is 2.48 bits per heavy atom. The number of halogens is 3. The summed E-state index contributed by atoms with van der Waals surface area (Å²) in [6.07, 6.45) is 1.44. The van der Waals surface area contributed by atoms with Crippen molar-refractivity contribution >= 4 is 34.8 Å². The summed E-state index contributed by atoms with van der Waals surface area (Å²) in [5.41, 5.74) is 1.14. The number of benzene rings is 2. The maximum Gasteiger partial charge on any atom is 0.235 e. The van der Waals surface area contributed by atoms with E-state index in [1.807, 2.05) is 17.0 Å². The quantitative estimate of drug-likeness (QED) is 0.539. The first-order valence-corrected chi connectivity index (χ1v) is 11.0. The number of aromatic nitrogens is 1. The first kappa shape index (κ1) is 20.3. The Kier molecular flexibility index (Phi) is 5.15. The number of piperazine rings is 1. The van der Waals surface area contributed by atoms with Crippen LogP contribution in [0.1, 0.15) is 18.5 Å². The number of rotatable bonds is 4. The highest BCUT2D eigenvalue weighted by atomic mass is 35.5. The van der Waals surface area contributed by atoms with E-state index in [4.69, 9.17) is 27.7 Å². The molecule has 1 aromatic heterocycles. The summed E-state index contributed by atoms with van der Waals surface area (Å²) in [4.78, 5) is 17.4. The number of amides is 1. The largest absolute Gasteiger partial charge is 0.367 e. The highest BCUT2D eigenvalue weighted by Crippen LogP contribution is 2.50. The number of anilines is 1. The molecule has 1 aliphatic heterocycles. The van der Waals surface area contributed by atoms with Gasteiger partial charge in [0.25, 0.3) is 0 Å². The van der Waals surface area contributed by atoms with Crippen molar-refractivity contribution in [2.45, 2.75) is 18.3 Å². The molecular formula is C23H20Cl2FN3O2. The molecule has 5 nitrogen and oxygen atoms in total. The third-order valence-corrected chi connectivity index (χ3v) is 6.95. The van der Waals surface area contributed by atoms with Crippen LogP contribution >= 0.6 is 23.2 Å². The van der Waals surface area contributed by atoms with Crippen LogP contribution in [0.15, 0.2) is 53.1 Å². The Bertz CT molecular complexity index is 1140. The summed E-state index contributed by atoms with van der Waals surface area (Å²) in [6, 6.07) is 13.7. The van der Waals surface area contributed by atoms with Crippen LogP contribution in [0.2, 0.25) is 10.0 Å². The summed E-state index contributed by atoms with van der Waals surface area (Å²) in [7, 11) is 0. The van der Waals surface area contributed by atoms with Crippen LogP contribution in [0.25, 0.3) is 11.3 Å². The molecule has 8 heteroatoms. The molecule has 0 unspecified atom stereocenters. The molecular weight excluding hydrogens is 440 g/mol. The monoisotopic (exact) mass is 459 g/mol. The molecule has 2 fully saturated rings. The van der Waals surface area contributed by atoms with Gasteiger partial charge in [0.1, 0.15) is 5.82 Å². The van der Waals surface area contributed by atoms with Gasteiger partial charge in [-0.3, -0.25) is 4.79 Å². The van der Waals surface area contributed by atoms with E-state index in [1.54, 1.807) is 30.3 Å². The highest BCUT2D eigenvalue weighted by molar-refractivity contribution is 6.43. The van der Waals surface area contributed by atoms with Crippen LogP contribution in [-0.4, -0.2) is 42.1 Å². The van der Waals surface area contributed by atoms with Gasteiger partial charge >= 0.3 is 0 Å². The lowest BCUT2D eigenvalue weighted by atomic mass is 9.99. The predicted octanol–water partition coefficient (Wildman–Crippen LogP) is 5.17. The van der Waals surface area contributed by atoms with E-state index in [0.29, 0.717) is 53.2 Å². The minimum Gasteiger partial charge on any atom is -0.367 e. The van der Waals surface area contributed by atoms with Gasteiger partial charge in [0.2, 0.25) is 5.91 Å². The van der Waals surface area contributed by atoms with E-state index in [0.717, 1.165) is 18.5 Å². The van der Waals surface area contributed by atoms with Crippen LogP contribution in [0.4, 0.5) is 10.1 Å². The van der Waals surface area contributed by atoms with E-state index < -0.39 is 5.41 Å². The van der Waals surface area contributed by atoms with Crippen LogP contribution in [-0.2, 0) is 10.2 Å². The standard InChI is InChI=1S/C23H20Cl2FN3O2/c24-16-5-3-7-18(21(16)25)28-10-12-29(13-11-28)22(30)23(8-9-23)20-14-19(31-27-20)15-4-1-2-6-17(15)26/h1-7,14H,8-13H2. The molecule has 0 atom stereocenters. The summed E-state index contributed by atoms with van der Waals surface area (Å²) >= 11 is 12.5. The second-order valence-electron chi connectivity index (χ2n) is 7.99. The van der Waals surface area contributed by atoms with Crippen LogP contribution in [0.5, 0.6) is 0 Å². The predicted molar refractivity (Wildman–Crippen MR) is 118 cm³/mol. The summed E-state index contributed by atoms with van der Waals surface area (Å²) in [5, 5.41) is 5.19. The van der Waals surface area contributed by atoms with Crippen molar-refractivity contribution in [3.8, 4) is 11.3 Å². The van der Waals surface area contributed by atoms with Crippen molar-refractivity contribution in [3.63, 3.8) is 0 Å². The number of hydrogen-bond donors (Lipinski definition) is 0. The number of hydrogen-bond acceptors (Lipinski definition) is 4. The molecule has 1 amide bonds. The molecule has 5 rings (SSSR count). The van der Waals surface area contributed by atoms with Gasteiger partial charge in [0.15, 0.2) is 5.76 Å². The van der Waals surface area contributed by atoms with Crippen LogP contribution in [0.3, 0.4) is 0 Å². The lowest BCUT2D eigenvalue weighted by Crippen LogP contribution is -2.51.